The van der Waals surface area contributed by atoms with Crippen LogP contribution in [0.15, 0.2) is 84.4 Å². The summed E-state index contributed by atoms with van der Waals surface area (Å²) in [6, 6.07) is 16.9. The number of nitrogens with zero attached hydrogens (tertiary/aromatic N) is 5. The molecule has 7 atom stereocenters. The topological polar surface area (TPSA) is 288 Å². The predicted octanol–water partition coefficient (Wildman–Crippen LogP) is 7.20. The normalized spacial score (nSPS) is 19.5. The van der Waals surface area contributed by atoms with Crippen LogP contribution in [-0.2, 0) is 43.8 Å². The van der Waals surface area contributed by atoms with Crippen molar-refractivity contribution < 1.29 is 66.6 Å². The highest BCUT2D eigenvalue weighted by Gasteiger charge is 2.51. The van der Waals surface area contributed by atoms with Crippen LogP contribution in [0.3, 0.4) is 0 Å². The molecular weight excluding hydrogens is 1210 g/mol. The number of β-amino-alcohol motifs (C(OH)–C–C–N with tert-alkyl or cyclic N) is 1. The summed E-state index contributed by atoms with van der Waals surface area (Å²) in [6.45, 7) is 14.6. The third kappa shape index (κ3) is 16.3. The Morgan fingerprint density at radius 3 is 2.09 bits per heavy atom. The molecule has 2 aromatic heterocycles. The summed E-state index contributed by atoms with van der Waals surface area (Å²) >= 11 is 2.46. The lowest BCUT2D eigenvalue weighted by atomic mass is 9.85. The largest absolute Gasteiger partial charge is 0.399 e. The van der Waals surface area contributed by atoms with Crippen LogP contribution in [-0.4, -0.2) is 163 Å². The van der Waals surface area contributed by atoms with Gasteiger partial charge < -0.3 is 55.8 Å². The molecule has 3 fully saturated rings. The van der Waals surface area contributed by atoms with Gasteiger partial charge in [0.15, 0.2) is 0 Å². The molecule has 26 heteroatoms. The van der Waals surface area contributed by atoms with Crippen LogP contribution in [0.2, 0.25) is 0 Å². The number of halogens is 2. The van der Waals surface area contributed by atoms with Gasteiger partial charge in [-0.3, -0.25) is 42.9 Å². The minimum atomic E-state index is -5.88. The third-order valence-corrected chi connectivity index (χ3v) is 19.8. The van der Waals surface area contributed by atoms with Gasteiger partial charge in [-0.25, -0.2) is 4.98 Å². The second-order valence-corrected chi connectivity index (χ2v) is 29.1. The van der Waals surface area contributed by atoms with Gasteiger partial charge in [-0.05, 0) is 90.6 Å². The minimum Gasteiger partial charge on any atom is -0.391 e. The summed E-state index contributed by atoms with van der Waals surface area (Å²) in [7, 11) is -5.88. The number of hydrogen-bond acceptors (Lipinski definition) is 13. The smallest absolute Gasteiger partial charge is 0.391 e. The highest BCUT2D eigenvalue weighted by molar-refractivity contribution is 7.52. The maximum Gasteiger partial charge on any atom is 0.399 e. The lowest BCUT2D eigenvalue weighted by Crippen LogP contribution is -2.66. The Morgan fingerprint density at radius 2 is 1.44 bits per heavy atom. The van der Waals surface area contributed by atoms with Crippen molar-refractivity contribution in [2.45, 2.75) is 148 Å². The molecule has 7 N–H and O–H groups in total. The number of hydrogen-bond donors (Lipinski definition) is 7. The molecule has 3 unspecified atom stereocenters. The number of thiazole rings is 1. The van der Waals surface area contributed by atoms with Gasteiger partial charge in [0.2, 0.25) is 41.4 Å². The molecule has 5 heterocycles. The van der Waals surface area contributed by atoms with Crippen molar-refractivity contribution in [3.8, 4) is 10.4 Å². The van der Waals surface area contributed by atoms with Crippen LogP contribution in [0.1, 0.15) is 137 Å². The van der Waals surface area contributed by atoms with Gasteiger partial charge in [-0.15, -0.1) is 22.7 Å². The second kappa shape index (κ2) is 28.0. The average Bonchev–Trinajstić information content (AvgIpc) is 1.89. The first-order chi connectivity index (χ1) is 41.8. The summed E-state index contributed by atoms with van der Waals surface area (Å²) in [6.07, 6.45) is 0.595. The Morgan fingerprint density at radius 1 is 0.764 bits per heavy atom. The second-order valence-electron chi connectivity index (χ2n) is 25.5. The number of benzene rings is 3. The van der Waals surface area contributed by atoms with E-state index >= 15 is 0 Å². The molecule has 0 aliphatic carbocycles. The molecule has 3 aliphatic rings. The van der Waals surface area contributed by atoms with Gasteiger partial charge in [-0.2, -0.15) is 8.78 Å². The number of aliphatic hydroxyl groups is 1. The molecule has 0 radical (unpaired) electrons. The zero-order valence-corrected chi connectivity index (χ0v) is 53.8. The van der Waals surface area contributed by atoms with Gasteiger partial charge >= 0.3 is 13.3 Å². The molecule has 0 spiro atoms. The molecule has 0 saturated carbocycles. The summed E-state index contributed by atoms with van der Waals surface area (Å²) < 4.78 is 41.3. The van der Waals surface area contributed by atoms with Crippen molar-refractivity contribution in [3.63, 3.8) is 0 Å². The van der Waals surface area contributed by atoms with Gasteiger partial charge in [0.1, 0.15) is 30.6 Å². The van der Waals surface area contributed by atoms with Crippen molar-refractivity contribution in [1.29, 1.82) is 0 Å². The molecule has 8 rings (SSSR count). The molecule has 21 nitrogen and oxygen atoms in total. The Hall–Kier alpha value is -7.02. The molecular formula is C63H80F2N9O12PS2. The number of alkyl halides is 2. The predicted molar refractivity (Wildman–Crippen MR) is 333 cm³/mol. The Bertz CT molecular complexity index is 3480. The van der Waals surface area contributed by atoms with Crippen molar-refractivity contribution in [2.24, 2.45) is 10.8 Å². The maximum absolute atomic E-state index is 15.0. The number of fused-ring (bicyclic) bond motifs is 1. The van der Waals surface area contributed by atoms with E-state index < -0.39 is 120 Å². The summed E-state index contributed by atoms with van der Waals surface area (Å²) in [5.74, 6) is -4.33. The Balaban J connectivity index is 0.860. The Kier molecular flexibility index (Phi) is 21.4. The van der Waals surface area contributed by atoms with Crippen molar-refractivity contribution in [3.05, 3.63) is 112 Å². The standard InChI is InChI=1S/C63H80F2N9O12PS2/c1-37(39-19-21-41(22-20-39)53-38(2)67-36-88-53)68-56(79)46-31-45(75)34-74(46)60(83)54(61(3,4)5)69-50(76)18-12-13-25-66-51(77)32-52(78)71-27-28-73(47(35-71)58(81)72-26-14-17-42(33-72)40-15-10-9-11-16-40)59(82)55(62(6,7)8)70-57(80)49-30-43-29-44(23-24-48(43)89-49)63(64,65)87(84,85)86/h9-11,15-16,19-24,29-30,36-37,42,45-47,54-55,75H,12-14,17-18,25-28,31-35H2,1-8H3,(H,66,77)(H,68,79)(H,69,76)(H,70,80)(H2,84,85,86)/t37?,42-,45+,46-,47-,54?,55?/m0/s1. The third-order valence-electron chi connectivity index (χ3n) is 16.7. The number of carbonyl (C=O) groups is 8. The summed E-state index contributed by atoms with van der Waals surface area (Å²) in [5, 5.41) is 22.3. The number of unbranched alkanes of at least 4 members (excludes halogenated alkanes) is 1. The number of piperidine rings is 1. The molecule has 0 bridgehead atoms. The number of amides is 8. The van der Waals surface area contributed by atoms with E-state index in [0.717, 1.165) is 57.2 Å². The highest BCUT2D eigenvalue weighted by Crippen LogP contribution is 2.59. The van der Waals surface area contributed by atoms with Gasteiger partial charge in [0, 0.05) is 68.3 Å². The Labute approximate surface area is 524 Å². The first kappa shape index (κ1) is 67.9. The molecule has 3 aromatic carbocycles. The summed E-state index contributed by atoms with van der Waals surface area (Å²) in [4.78, 5) is 143. The maximum atomic E-state index is 15.0. The quantitative estimate of drug-likeness (QED) is 0.0231. The van der Waals surface area contributed by atoms with Crippen LogP contribution in [0, 0.1) is 17.8 Å². The highest BCUT2D eigenvalue weighted by atomic mass is 32.1. The van der Waals surface area contributed by atoms with Gasteiger partial charge in [-0.1, -0.05) is 102 Å². The molecule has 89 heavy (non-hydrogen) atoms. The summed E-state index contributed by atoms with van der Waals surface area (Å²) in [5.41, 5.74) is -1.56. The average molecular weight is 1290 g/mol. The minimum absolute atomic E-state index is 0.000623. The van der Waals surface area contributed by atoms with E-state index in [0.29, 0.717) is 37.1 Å². The number of likely N-dealkylation sites (tertiary alicyclic amines) is 2. The number of thiophene rings is 1. The zero-order chi connectivity index (χ0) is 64.9. The van der Waals surface area contributed by atoms with Crippen LogP contribution in [0.5, 0.6) is 0 Å². The number of piperazine rings is 1. The lowest BCUT2D eigenvalue weighted by Gasteiger charge is -2.45. The van der Waals surface area contributed by atoms with Gasteiger partial charge in [0.05, 0.1) is 39.6 Å². The number of aromatic nitrogens is 1. The van der Waals surface area contributed by atoms with E-state index in [1.54, 1.807) is 63.3 Å². The fourth-order valence-electron chi connectivity index (χ4n) is 11.6. The van der Waals surface area contributed by atoms with Crippen LogP contribution in [0.25, 0.3) is 20.5 Å². The van der Waals surface area contributed by atoms with Crippen LogP contribution >= 0.6 is 30.3 Å². The van der Waals surface area contributed by atoms with Crippen LogP contribution in [0.4, 0.5) is 8.78 Å². The zero-order valence-electron chi connectivity index (χ0n) is 51.3. The van der Waals surface area contributed by atoms with E-state index in [9.17, 15) is 66.6 Å². The molecule has 8 amide bonds. The number of aryl methyl sites for hydroxylation is 1. The monoisotopic (exact) mass is 1290 g/mol. The first-order valence-corrected chi connectivity index (χ1v) is 33.2. The molecule has 3 aliphatic heterocycles. The lowest BCUT2D eigenvalue weighted by molar-refractivity contribution is -0.155. The van der Waals surface area contributed by atoms with E-state index in [1.165, 1.54) is 26.8 Å². The number of nitrogens with one attached hydrogen (secondary N) is 4. The van der Waals surface area contributed by atoms with E-state index in [1.807, 2.05) is 68.4 Å². The molecule has 5 aromatic rings. The molecule has 480 valence electrons. The van der Waals surface area contributed by atoms with E-state index in [-0.39, 0.29) is 61.7 Å². The van der Waals surface area contributed by atoms with Gasteiger partial charge in [0.25, 0.3) is 5.91 Å². The first-order valence-electron chi connectivity index (χ1n) is 29.9. The van der Waals surface area contributed by atoms with Crippen LogP contribution < -0.4 is 21.3 Å². The van der Waals surface area contributed by atoms with Crippen molar-refractivity contribution in [1.82, 2.24) is 45.9 Å². The van der Waals surface area contributed by atoms with E-state index in [4.69, 9.17) is 0 Å². The SMILES string of the molecule is Cc1ncsc1-c1ccc(C(C)NC(=O)[C@@H]2C[C@@H](O)CN2C(=O)C(NC(=O)CCCCNC(=O)CC(=O)N2CCN(C(=O)C(NC(=O)c3cc4cc(C(F)(F)P(=O)(O)O)ccc4s3)C(C)(C)C)[C@H](C(=O)N3CCC[C@H](c4ccccc4)C3)C2)C(C)(C)C)cc1. The number of carbonyl (C=O) groups excluding carboxylic acids is 8. The fraction of sp³-hybridized carbons (Fsp3) is 0.508. The number of aliphatic hydroxyl groups excluding tert-OH is 1. The fourth-order valence-corrected chi connectivity index (χ4v) is 13.8. The van der Waals surface area contributed by atoms with Crippen molar-refractivity contribution in [2.75, 3.05) is 45.8 Å². The van der Waals surface area contributed by atoms with E-state index in [2.05, 4.69) is 26.3 Å². The number of rotatable bonds is 20. The van der Waals surface area contributed by atoms with Crippen molar-refractivity contribution >= 4 is 87.6 Å². The molecule has 3 saturated heterocycles.